The zero-order chi connectivity index (χ0) is 20.6. The van der Waals surface area contributed by atoms with Gasteiger partial charge in [-0.3, -0.25) is 0 Å². The van der Waals surface area contributed by atoms with Crippen molar-refractivity contribution in [2.24, 2.45) is 0 Å². The van der Waals surface area contributed by atoms with Gasteiger partial charge in [-0.2, -0.15) is 0 Å². The number of anilines is 4. The molecule has 2 aliphatic heterocycles. The van der Waals surface area contributed by atoms with Crippen molar-refractivity contribution in [1.29, 1.82) is 0 Å². The molecule has 4 aromatic rings. The molecule has 0 N–H and O–H groups in total. The minimum absolute atomic E-state index is 0.966. The van der Waals surface area contributed by atoms with Gasteiger partial charge in [0.05, 0.1) is 0 Å². The van der Waals surface area contributed by atoms with E-state index in [4.69, 9.17) is 0 Å². The lowest BCUT2D eigenvalue weighted by molar-refractivity contribution is 0.995. The Kier molecular flexibility index (Phi) is 4.49. The van der Waals surface area contributed by atoms with Crippen LogP contribution in [0.3, 0.4) is 0 Å². The number of para-hydroxylation sites is 2. The average Bonchev–Trinajstić information content (AvgIpc) is 3.45. The minimum Gasteiger partial charge on any atom is -0.341 e. The molecule has 0 fully saturated rings. The maximum absolute atomic E-state index is 2.43. The number of rotatable bonds is 4. The molecule has 0 bridgehead atoms. The zero-order valence-electron chi connectivity index (χ0n) is 17.7. The van der Waals surface area contributed by atoms with Crippen molar-refractivity contribution in [2.75, 3.05) is 22.9 Å². The van der Waals surface area contributed by atoms with Crippen molar-refractivity contribution in [3.63, 3.8) is 0 Å². The van der Waals surface area contributed by atoms with Gasteiger partial charge in [0, 0.05) is 35.8 Å². The van der Waals surface area contributed by atoms with Crippen molar-refractivity contribution in [1.82, 2.24) is 0 Å². The van der Waals surface area contributed by atoms with Crippen LogP contribution in [0.25, 0.3) is 0 Å². The predicted octanol–water partition coefficient (Wildman–Crippen LogP) is 6.67. The monoisotopic (exact) mass is 402 g/mol. The summed E-state index contributed by atoms with van der Waals surface area (Å²) in [6.45, 7) is 2.14. The molecule has 0 amide bonds. The first kappa shape index (κ1) is 18.3. The largest absolute Gasteiger partial charge is 0.341 e. The molecule has 0 unspecified atom stereocenters. The van der Waals surface area contributed by atoms with Crippen LogP contribution in [0.2, 0.25) is 0 Å². The van der Waals surface area contributed by atoms with Crippen LogP contribution in [0.4, 0.5) is 22.7 Å². The van der Waals surface area contributed by atoms with Crippen molar-refractivity contribution in [3.05, 3.63) is 119 Å². The van der Waals surface area contributed by atoms with Crippen LogP contribution >= 0.6 is 0 Å². The summed E-state index contributed by atoms with van der Waals surface area (Å²) in [5, 5.41) is 0. The topological polar surface area (TPSA) is 6.48 Å². The number of hydrogen-bond acceptors (Lipinski definition) is 2. The van der Waals surface area contributed by atoms with E-state index in [0.717, 1.165) is 32.4 Å². The van der Waals surface area contributed by atoms with Crippen LogP contribution in [-0.2, 0) is 19.3 Å². The molecule has 2 heteroatoms. The summed E-state index contributed by atoms with van der Waals surface area (Å²) in [7, 11) is 0. The quantitative estimate of drug-likeness (QED) is 0.376. The third-order valence-corrected chi connectivity index (χ3v) is 6.68. The molecule has 0 radical (unpaired) electrons. The van der Waals surface area contributed by atoms with Gasteiger partial charge in [0.15, 0.2) is 0 Å². The molecular weight excluding hydrogens is 376 g/mol. The second-order valence-electron chi connectivity index (χ2n) is 8.57. The van der Waals surface area contributed by atoms with Gasteiger partial charge in [-0.15, -0.1) is 0 Å². The van der Waals surface area contributed by atoms with Gasteiger partial charge in [-0.25, -0.2) is 0 Å². The van der Waals surface area contributed by atoms with Gasteiger partial charge in [0.25, 0.3) is 0 Å². The highest BCUT2D eigenvalue weighted by Crippen LogP contribution is 2.35. The summed E-state index contributed by atoms with van der Waals surface area (Å²) in [6, 6.07) is 35.7. The Hall–Kier alpha value is -3.52. The van der Waals surface area contributed by atoms with Crippen molar-refractivity contribution in [3.8, 4) is 0 Å². The lowest BCUT2D eigenvalue weighted by atomic mass is 10.0. The fourth-order valence-corrected chi connectivity index (χ4v) is 5.04. The first-order valence-corrected chi connectivity index (χ1v) is 11.2. The fraction of sp³-hybridized carbons (Fsp3) is 0.172. The van der Waals surface area contributed by atoms with Crippen molar-refractivity contribution in [2.45, 2.75) is 19.3 Å². The number of benzene rings is 4. The molecule has 2 heterocycles. The van der Waals surface area contributed by atoms with E-state index in [1.165, 1.54) is 45.0 Å². The lowest BCUT2D eigenvalue weighted by Crippen LogP contribution is -2.13. The maximum Gasteiger partial charge on any atom is 0.0444 e. The Morgan fingerprint density at radius 1 is 0.484 bits per heavy atom. The van der Waals surface area contributed by atoms with Crippen molar-refractivity contribution >= 4 is 22.7 Å². The third kappa shape index (κ3) is 3.38. The van der Waals surface area contributed by atoms with E-state index in [1.54, 1.807) is 0 Å². The normalized spacial score (nSPS) is 14.6. The van der Waals surface area contributed by atoms with E-state index < -0.39 is 0 Å². The zero-order valence-corrected chi connectivity index (χ0v) is 17.7. The van der Waals surface area contributed by atoms with E-state index >= 15 is 0 Å². The molecule has 2 aliphatic rings. The molecule has 0 atom stereocenters. The Labute approximate surface area is 184 Å². The number of nitrogens with zero attached hydrogens (tertiary/aromatic N) is 2. The van der Waals surface area contributed by atoms with Gasteiger partial charge in [-0.1, -0.05) is 60.7 Å². The second-order valence-corrected chi connectivity index (χ2v) is 8.57. The molecule has 2 nitrogen and oxygen atoms in total. The number of hydrogen-bond donors (Lipinski definition) is 0. The lowest BCUT2D eigenvalue weighted by Gasteiger charge is -2.20. The van der Waals surface area contributed by atoms with E-state index in [0.29, 0.717) is 0 Å². The van der Waals surface area contributed by atoms with Crippen molar-refractivity contribution < 1.29 is 0 Å². The van der Waals surface area contributed by atoms with Crippen LogP contribution in [0, 0.1) is 0 Å². The number of fused-ring (bicyclic) bond motifs is 2. The Balaban J connectivity index is 1.16. The summed E-state index contributed by atoms with van der Waals surface area (Å²) < 4.78 is 0. The van der Waals surface area contributed by atoms with E-state index in [2.05, 4.69) is 107 Å². The summed E-state index contributed by atoms with van der Waals surface area (Å²) in [5.41, 5.74) is 10.9. The predicted molar refractivity (Wildman–Crippen MR) is 130 cm³/mol. The Morgan fingerprint density at radius 3 is 1.35 bits per heavy atom. The van der Waals surface area contributed by atoms with Gasteiger partial charge >= 0.3 is 0 Å². The van der Waals surface area contributed by atoms with Gasteiger partial charge in [0.2, 0.25) is 0 Å². The second kappa shape index (κ2) is 7.63. The van der Waals surface area contributed by atoms with Gasteiger partial charge < -0.3 is 9.80 Å². The molecule has 0 spiro atoms. The Bertz CT molecular complexity index is 1110. The highest BCUT2D eigenvalue weighted by molar-refractivity contribution is 5.71. The van der Waals surface area contributed by atoms with Gasteiger partial charge in [0.1, 0.15) is 0 Å². The maximum atomic E-state index is 2.43. The summed E-state index contributed by atoms with van der Waals surface area (Å²) in [5.74, 6) is 0. The highest BCUT2D eigenvalue weighted by Gasteiger charge is 2.20. The minimum atomic E-state index is 0.966. The van der Waals surface area contributed by atoms with E-state index in [9.17, 15) is 0 Å². The first-order valence-electron chi connectivity index (χ1n) is 11.2. The standard InChI is InChI=1S/C29H26N2/c1-3-7-28-24(5-1)17-19-30(28)26-13-9-22(10-14-26)21-23-11-15-27(16-12-23)31-20-18-25-6-2-4-8-29(25)31/h1-16H,17-21H2. The first-order chi connectivity index (χ1) is 15.3. The van der Waals surface area contributed by atoms with Crippen LogP contribution in [0.15, 0.2) is 97.1 Å². The summed E-state index contributed by atoms with van der Waals surface area (Å²) in [4.78, 5) is 4.86. The fourth-order valence-electron chi connectivity index (χ4n) is 5.04. The summed E-state index contributed by atoms with van der Waals surface area (Å²) in [6.07, 6.45) is 3.23. The van der Waals surface area contributed by atoms with Crippen LogP contribution in [0.5, 0.6) is 0 Å². The van der Waals surface area contributed by atoms with Crippen LogP contribution in [-0.4, -0.2) is 13.1 Å². The third-order valence-electron chi connectivity index (χ3n) is 6.68. The van der Waals surface area contributed by atoms with Crippen LogP contribution < -0.4 is 9.80 Å². The average molecular weight is 403 g/mol. The molecule has 152 valence electrons. The molecule has 0 aromatic heterocycles. The molecular formula is C29H26N2. The van der Waals surface area contributed by atoms with Gasteiger partial charge in [-0.05, 0) is 77.9 Å². The van der Waals surface area contributed by atoms with Crippen LogP contribution in [0.1, 0.15) is 22.3 Å². The SMILES string of the molecule is c1ccc2c(c1)CCN2c1ccc(Cc2ccc(N3CCc4ccccc43)cc2)cc1. The molecule has 0 aliphatic carbocycles. The molecule has 4 aromatic carbocycles. The summed E-state index contributed by atoms with van der Waals surface area (Å²) >= 11 is 0. The van der Waals surface area contributed by atoms with E-state index in [-0.39, 0.29) is 0 Å². The van der Waals surface area contributed by atoms with E-state index in [1.807, 2.05) is 0 Å². The molecule has 31 heavy (non-hydrogen) atoms. The Morgan fingerprint density at radius 2 is 0.903 bits per heavy atom. The smallest absolute Gasteiger partial charge is 0.0444 e. The molecule has 0 saturated carbocycles. The molecule has 0 saturated heterocycles. The molecule has 6 rings (SSSR count). The highest BCUT2D eigenvalue weighted by atomic mass is 15.2.